The summed E-state index contributed by atoms with van der Waals surface area (Å²) in [5.74, 6) is 0.173. The fraction of sp³-hybridized carbons (Fsp3) is 0.345. The van der Waals surface area contributed by atoms with E-state index >= 15 is 0 Å². The van der Waals surface area contributed by atoms with Gasteiger partial charge in [0.15, 0.2) is 0 Å². The van der Waals surface area contributed by atoms with Crippen LogP contribution < -0.4 is 20.7 Å². The number of carbonyl (C=O) groups excluding carboxylic acids is 1. The van der Waals surface area contributed by atoms with E-state index in [1.807, 2.05) is 24.3 Å². The molecule has 3 heterocycles. The zero-order valence-electron chi connectivity index (χ0n) is 21.3. The molecule has 0 unspecified atom stereocenters. The minimum Gasteiger partial charge on any atom is -0.491 e. The first kappa shape index (κ1) is 25.0. The average Bonchev–Trinajstić information content (AvgIpc) is 3.32. The maximum Gasteiger partial charge on any atom is 0.250 e. The van der Waals surface area contributed by atoms with Crippen LogP contribution in [0.4, 0.5) is 5.69 Å². The number of ether oxygens (including phenoxy) is 2. The van der Waals surface area contributed by atoms with Gasteiger partial charge in [0, 0.05) is 67.8 Å². The van der Waals surface area contributed by atoms with Crippen LogP contribution in [0.15, 0.2) is 48.5 Å². The van der Waals surface area contributed by atoms with Crippen LogP contribution in [0.5, 0.6) is 5.75 Å². The molecule has 1 amide bonds. The van der Waals surface area contributed by atoms with E-state index in [2.05, 4.69) is 44.4 Å². The highest BCUT2D eigenvalue weighted by atomic mass is 35.5. The van der Waals surface area contributed by atoms with Crippen LogP contribution in [-0.4, -0.2) is 81.4 Å². The van der Waals surface area contributed by atoms with Gasteiger partial charge in [-0.3, -0.25) is 9.69 Å². The molecule has 9 heteroatoms. The van der Waals surface area contributed by atoms with Crippen molar-refractivity contribution in [3.05, 3.63) is 59.1 Å². The topological polar surface area (TPSA) is 95.9 Å². The molecular formula is C29H32ClN5O3. The number of piperazine rings is 1. The first-order valence-electron chi connectivity index (χ1n) is 13.1. The highest BCUT2D eigenvalue weighted by Crippen LogP contribution is 2.36. The number of anilines is 1. The van der Waals surface area contributed by atoms with Crippen molar-refractivity contribution in [2.75, 3.05) is 70.5 Å². The second kappa shape index (κ2) is 10.8. The van der Waals surface area contributed by atoms with E-state index in [4.69, 9.17) is 26.8 Å². The zero-order chi connectivity index (χ0) is 26.1. The summed E-state index contributed by atoms with van der Waals surface area (Å²) in [6.07, 6.45) is 0. The van der Waals surface area contributed by atoms with Crippen LogP contribution >= 0.6 is 11.6 Å². The van der Waals surface area contributed by atoms with E-state index in [9.17, 15) is 4.79 Å². The number of aromatic amines is 1. The van der Waals surface area contributed by atoms with Gasteiger partial charge in [-0.2, -0.15) is 0 Å². The van der Waals surface area contributed by atoms with E-state index in [0.717, 1.165) is 92.0 Å². The number of aromatic nitrogens is 1. The molecule has 0 radical (unpaired) electrons. The lowest BCUT2D eigenvalue weighted by molar-refractivity contribution is 0.0322. The molecule has 2 aliphatic rings. The molecule has 0 aliphatic carbocycles. The van der Waals surface area contributed by atoms with Crippen molar-refractivity contribution < 1.29 is 14.3 Å². The number of benzene rings is 3. The molecule has 0 spiro atoms. The van der Waals surface area contributed by atoms with Crippen molar-refractivity contribution >= 4 is 45.0 Å². The number of carbonyl (C=O) groups is 1. The molecule has 6 rings (SSSR count). The Balaban J connectivity index is 1.29. The number of hydrogen-bond donors (Lipinski definition) is 3. The number of nitrogens with one attached hydrogen (secondary N) is 2. The third-order valence-electron chi connectivity index (χ3n) is 7.47. The lowest BCUT2D eigenvalue weighted by Crippen LogP contribution is -2.43. The number of hydrogen-bond acceptors (Lipinski definition) is 6. The van der Waals surface area contributed by atoms with Gasteiger partial charge in [0.05, 0.1) is 29.3 Å². The predicted octanol–water partition coefficient (Wildman–Crippen LogP) is 3.86. The Bertz CT molecular complexity index is 1470. The number of halogens is 1. The Morgan fingerprint density at radius 2 is 1.79 bits per heavy atom. The minimum absolute atomic E-state index is 0.458. The molecule has 3 aromatic carbocycles. The minimum atomic E-state index is -0.472. The first-order chi connectivity index (χ1) is 18.6. The molecule has 2 fully saturated rings. The molecule has 4 N–H and O–H groups in total. The molecule has 2 saturated heterocycles. The van der Waals surface area contributed by atoms with Crippen molar-refractivity contribution in [2.24, 2.45) is 5.73 Å². The first-order valence-corrected chi connectivity index (χ1v) is 13.5. The molecule has 198 valence electrons. The molecule has 38 heavy (non-hydrogen) atoms. The Kier molecular flexibility index (Phi) is 7.12. The third-order valence-corrected chi connectivity index (χ3v) is 7.77. The standard InChI is InChI=1S/C29H32ClN5O3/c30-25-17-19(1-4-27(25)38-14-11-34-9-12-37-13-10-34)20-15-23-22-3-2-21(35-7-5-32-6-8-35)18-26(22)33-28(23)24(16-20)29(31)36/h1-4,15-18,32-33H,5-14H2,(H2,31,36). The predicted molar refractivity (Wildman–Crippen MR) is 153 cm³/mol. The molecule has 0 bridgehead atoms. The Morgan fingerprint density at radius 3 is 2.55 bits per heavy atom. The summed E-state index contributed by atoms with van der Waals surface area (Å²) < 4.78 is 11.4. The van der Waals surface area contributed by atoms with Crippen LogP contribution in [0.2, 0.25) is 5.02 Å². The van der Waals surface area contributed by atoms with E-state index in [-0.39, 0.29) is 0 Å². The normalized spacial score (nSPS) is 16.8. The van der Waals surface area contributed by atoms with Crippen molar-refractivity contribution in [2.45, 2.75) is 0 Å². The zero-order valence-corrected chi connectivity index (χ0v) is 22.0. The maximum absolute atomic E-state index is 12.5. The summed E-state index contributed by atoms with van der Waals surface area (Å²) in [4.78, 5) is 20.6. The third kappa shape index (κ3) is 5.05. The van der Waals surface area contributed by atoms with E-state index in [0.29, 0.717) is 22.9 Å². The van der Waals surface area contributed by atoms with Gasteiger partial charge in [0.25, 0.3) is 5.91 Å². The average molecular weight is 534 g/mol. The number of rotatable bonds is 7. The van der Waals surface area contributed by atoms with Gasteiger partial charge in [0.1, 0.15) is 12.4 Å². The number of primary amides is 1. The summed E-state index contributed by atoms with van der Waals surface area (Å²) in [7, 11) is 0. The summed E-state index contributed by atoms with van der Waals surface area (Å²) in [5, 5.41) is 5.94. The highest BCUT2D eigenvalue weighted by molar-refractivity contribution is 6.32. The van der Waals surface area contributed by atoms with Gasteiger partial charge in [-0.15, -0.1) is 0 Å². The van der Waals surface area contributed by atoms with Gasteiger partial charge in [-0.1, -0.05) is 23.7 Å². The van der Waals surface area contributed by atoms with Crippen molar-refractivity contribution in [3.63, 3.8) is 0 Å². The van der Waals surface area contributed by atoms with Gasteiger partial charge >= 0.3 is 0 Å². The Morgan fingerprint density at radius 1 is 0.974 bits per heavy atom. The van der Waals surface area contributed by atoms with Gasteiger partial charge in [-0.25, -0.2) is 0 Å². The lowest BCUT2D eigenvalue weighted by atomic mass is 9.98. The molecule has 0 saturated carbocycles. The number of amides is 1. The highest BCUT2D eigenvalue weighted by Gasteiger charge is 2.18. The molecular weight excluding hydrogens is 502 g/mol. The smallest absolute Gasteiger partial charge is 0.250 e. The maximum atomic E-state index is 12.5. The molecule has 8 nitrogen and oxygen atoms in total. The van der Waals surface area contributed by atoms with Crippen LogP contribution in [0.3, 0.4) is 0 Å². The fourth-order valence-corrected chi connectivity index (χ4v) is 5.62. The van der Waals surface area contributed by atoms with Gasteiger partial charge < -0.3 is 30.4 Å². The van der Waals surface area contributed by atoms with Crippen LogP contribution in [0.25, 0.3) is 32.9 Å². The monoisotopic (exact) mass is 533 g/mol. The van der Waals surface area contributed by atoms with Gasteiger partial charge in [-0.05, 0) is 47.5 Å². The molecule has 1 aromatic heterocycles. The van der Waals surface area contributed by atoms with Gasteiger partial charge in [0.2, 0.25) is 0 Å². The summed E-state index contributed by atoms with van der Waals surface area (Å²) in [6, 6.07) is 16.1. The van der Waals surface area contributed by atoms with Crippen LogP contribution in [0, 0.1) is 0 Å². The van der Waals surface area contributed by atoms with Crippen molar-refractivity contribution in [3.8, 4) is 16.9 Å². The second-order valence-electron chi connectivity index (χ2n) is 9.85. The van der Waals surface area contributed by atoms with Crippen LogP contribution in [-0.2, 0) is 4.74 Å². The molecule has 4 aromatic rings. The molecule has 2 aliphatic heterocycles. The Hall–Kier alpha value is -3.30. The number of H-pyrrole nitrogens is 1. The number of fused-ring (bicyclic) bond motifs is 3. The SMILES string of the molecule is NC(=O)c1cc(-c2ccc(OCCN3CCOCC3)c(Cl)c2)cc2c1[nH]c1cc(N3CCNCC3)ccc12. The summed E-state index contributed by atoms with van der Waals surface area (Å²) in [5.41, 5.74) is 11.0. The Labute approximate surface area is 226 Å². The number of nitrogens with two attached hydrogens (primary N) is 1. The molecule has 0 atom stereocenters. The largest absolute Gasteiger partial charge is 0.491 e. The number of morpholine rings is 1. The number of nitrogens with zero attached hydrogens (tertiary/aromatic N) is 2. The quantitative estimate of drug-likeness (QED) is 0.334. The summed E-state index contributed by atoms with van der Waals surface area (Å²) in [6.45, 7) is 8.64. The van der Waals surface area contributed by atoms with Crippen molar-refractivity contribution in [1.82, 2.24) is 15.2 Å². The van der Waals surface area contributed by atoms with E-state index < -0.39 is 5.91 Å². The summed E-state index contributed by atoms with van der Waals surface area (Å²) >= 11 is 6.62. The lowest BCUT2D eigenvalue weighted by Gasteiger charge is -2.29. The second-order valence-corrected chi connectivity index (χ2v) is 10.3. The van der Waals surface area contributed by atoms with Crippen molar-refractivity contribution in [1.29, 1.82) is 0 Å². The fourth-order valence-electron chi connectivity index (χ4n) is 5.38. The van der Waals surface area contributed by atoms with E-state index in [1.165, 1.54) is 5.69 Å². The van der Waals surface area contributed by atoms with E-state index in [1.54, 1.807) is 0 Å². The van der Waals surface area contributed by atoms with Crippen LogP contribution in [0.1, 0.15) is 10.4 Å².